The zero-order valence-corrected chi connectivity index (χ0v) is 19.8. The van der Waals surface area contributed by atoms with Crippen LogP contribution in [0.5, 0.6) is 11.5 Å². The minimum atomic E-state index is -0.165. The van der Waals surface area contributed by atoms with Gasteiger partial charge in [-0.2, -0.15) is 0 Å². The summed E-state index contributed by atoms with van der Waals surface area (Å²) in [6.07, 6.45) is 1.25. The summed E-state index contributed by atoms with van der Waals surface area (Å²) in [6, 6.07) is 17.5. The van der Waals surface area contributed by atoms with Crippen molar-refractivity contribution in [3.05, 3.63) is 66.2 Å². The molecule has 0 aliphatic heterocycles. The Morgan fingerprint density at radius 2 is 1.16 bits per heavy atom. The molecule has 0 amide bonds. The van der Waals surface area contributed by atoms with Gasteiger partial charge >= 0.3 is 0 Å². The van der Waals surface area contributed by atoms with E-state index in [2.05, 4.69) is 13.8 Å². The van der Waals surface area contributed by atoms with Crippen LogP contribution < -0.4 is 10.8 Å². The van der Waals surface area contributed by atoms with E-state index in [0.29, 0.717) is 16.9 Å². The summed E-state index contributed by atoms with van der Waals surface area (Å²) in [4.78, 5) is 0. The summed E-state index contributed by atoms with van der Waals surface area (Å²) in [5, 5.41) is 31.0. The lowest BCUT2D eigenvalue weighted by Gasteiger charge is -2.18. The maximum atomic E-state index is 10.3. The molecule has 0 fully saturated rings. The Bertz CT molecular complexity index is 876. The van der Waals surface area contributed by atoms with E-state index in [1.54, 1.807) is 30.3 Å². The highest BCUT2D eigenvalue weighted by molar-refractivity contribution is 5.80. The first-order valence-corrected chi connectivity index (χ1v) is 10.9. The number of hydrogen-bond acceptors (Lipinski definition) is 5. The fourth-order valence-electron chi connectivity index (χ4n) is 2.45. The number of hydrogen-bond donors (Lipinski definition) is 4. The number of phenols is 2. The number of aromatic hydroxyl groups is 2. The second kappa shape index (κ2) is 14.7. The molecule has 170 valence electrons. The Kier molecular flexibility index (Phi) is 13.2. The van der Waals surface area contributed by atoms with Crippen LogP contribution in [0.1, 0.15) is 53.5 Å². The highest BCUT2D eigenvalue weighted by Crippen LogP contribution is 2.39. The zero-order chi connectivity index (χ0) is 24.0. The first-order chi connectivity index (χ1) is 14.9. The van der Waals surface area contributed by atoms with Crippen LogP contribution in [0.2, 0.25) is 0 Å². The van der Waals surface area contributed by atoms with Gasteiger partial charge in [-0.15, -0.1) is 0 Å². The third-order valence-electron chi connectivity index (χ3n) is 3.90. The fraction of sp³-hybridized carbons (Fsp3) is 0.308. The molecule has 0 heterocycles. The van der Waals surface area contributed by atoms with Gasteiger partial charge in [0.25, 0.3) is 0 Å². The van der Waals surface area contributed by atoms with E-state index in [1.807, 2.05) is 58.9 Å². The molecule has 0 aliphatic carbocycles. The standard InChI is InChI=1S/C19H18N2O3.C3H8.2C2H6/c1-12-2-6-14(7-3-12)21(24)15-8-4-13(5-9-15)16-10-11-17(22)18(20)19(16)23;1-3-2;2*1-2/h2-11,22-24H,20H2,1H3;3H2,1-2H3;2*1-2H3. The quantitative estimate of drug-likeness (QED) is 0.196. The number of anilines is 3. The molecule has 31 heavy (non-hydrogen) atoms. The molecule has 0 spiro atoms. The van der Waals surface area contributed by atoms with Gasteiger partial charge in [0.1, 0.15) is 17.2 Å². The van der Waals surface area contributed by atoms with Crippen LogP contribution in [0.4, 0.5) is 17.1 Å². The van der Waals surface area contributed by atoms with Crippen molar-refractivity contribution in [3.63, 3.8) is 0 Å². The van der Waals surface area contributed by atoms with Crippen molar-refractivity contribution in [3.8, 4) is 22.6 Å². The van der Waals surface area contributed by atoms with Crippen molar-refractivity contribution < 1.29 is 15.4 Å². The van der Waals surface area contributed by atoms with Crippen molar-refractivity contribution in [2.24, 2.45) is 0 Å². The van der Waals surface area contributed by atoms with E-state index < -0.39 is 0 Å². The van der Waals surface area contributed by atoms with E-state index in [9.17, 15) is 15.4 Å². The smallest absolute Gasteiger partial charge is 0.150 e. The minimum absolute atomic E-state index is 0.0555. The lowest BCUT2D eigenvalue weighted by Crippen LogP contribution is -2.10. The van der Waals surface area contributed by atoms with Crippen LogP contribution in [0.25, 0.3) is 11.1 Å². The third kappa shape index (κ3) is 7.87. The molecule has 0 saturated carbocycles. The van der Waals surface area contributed by atoms with Gasteiger partial charge in [0.05, 0.1) is 11.4 Å². The topological polar surface area (TPSA) is 90.0 Å². The fourth-order valence-corrected chi connectivity index (χ4v) is 2.45. The van der Waals surface area contributed by atoms with Gasteiger partial charge in [-0.1, -0.05) is 77.8 Å². The van der Waals surface area contributed by atoms with E-state index >= 15 is 0 Å². The zero-order valence-electron chi connectivity index (χ0n) is 19.8. The molecule has 3 aromatic carbocycles. The normalized spacial score (nSPS) is 9.16. The average molecular weight is 427 g/mol. The molecule has 5 nitrogen and oxygen atoms in total. The Morgan fingerprint density at radius 1 is 0.742 bits per heavy atom. The predicted octanol–water partition coefficient (Wildman–Crippen LogP) is 7.65. The van der Waals surface area contributed by atoms with Gasteiger partial charge in [0, 0.05) is 5.56 Å². The molecule has 0 aromatic heterocycles. The summed E-state index contributed by atoms with van der Waals surface area (Å²) in [7, 11) is 0. The molecule has 3 aromatic rings. The molecule has 3 rings (SSSR count). The Labute approximate surface area is 187 Å². The first kappa shape index (κ1) is 27.8. The van der Waals surface area contributed by atoms with Crippen LogP contribution in [0.15, 0.2) is 60.7 Å². The van der Waals surface area contributed by atoms with E-state index in [4.69, 9.17) is 5.73 Å². The Morgan fingerprint density at radius 3 is 1.61 bits per heavy atom. The van der Waals surface area contributed by atoms with Crippen molar-refractivity contribution in [1.29, 1.82) is 0 Å². The molecule has 5 heteroatoms. The molecule has 0 saturated heterocycles. The summed E-state index contributed by atoms with van der Waals surface area (Å²) < 4.78 is 0. The van der Waals surface area contributed by atoms with Crippen LogP contribution >= 0.6 is 0 Å². The van der Waals surface area contributed by atoms with Crippen molar-refractivity contribution in [2.75, 3.05) is 10.8 Å². The molecule has 0 atom stereocenters. The number of nitrogen functional groups attached to an aromatic ring is 1. The van der Waals surface area contributed by atoms with Gasteiger partial charge in [0.2, 0.25) is 0 Å². The summed E-state index contributed by atoms with van der Waals surface area (Å²) in [5.74, 6) is -0.323. The van der Waals surface area contributed by atoms with Crippen LogP contribution in [0, 0.1) is 6.92 Å². The van der Waals surface area contributed by atoms with Gasteiger partial charge in [0.15, 0.2) is 0 Å². The van der Waals surface area contributed by atoms with Gasteiger partial charge in [-0.05, 0) is 48.9 Å². The third-order valence-corrected chi connectivity index (χ3v) is 3.90. The molecule has 0 unspecified atom stereocenters. The highest BCUT2D eigenvalue weighted by atomic mass is 16.5. The van der Waals surface area contributed by atoms with E-state index in [0.717, 1.165) is 16.2 Å². The summed E-state index contributed by atoms with van der Waals surface area (Å²) in [5.41, 5.74) is 9.18. The molecule has 0 aliphatic rings. The lowest BCUT2D eigenvalue weighted by molar-refractivity contribution is 0.301. The highest BCUT2D eigenvalue weighted by Gasteiger charge is 2.12. The second-order valence-corrected chi connectivity index (χ2v) is 6.30. The molecular weight excluding hydrogens is 388 g/mol. The largest absolute Gasteiger partial charge is 0.506 e. The van der Waals surface area contributed by atoms with Crippen LogP contribution in [-0.2, 0) is 0 Å². The number of nitrogens with zero attached hydrogens (tertiary/aromatic N) is 1. The summed E-state index contributed by atoms with van der Waals surface area (Å²) >= 11 is 0. The number of rotatable bonds is 3. The minimum Gasteiger partial charge on any atom is -0.506 e. The first-order valence-electron chi connectivity index (χ1n) is 10.9. The van der Waals surface area contributed by atoms with Crippen molar-refractivity contribution in [2.45, 2.75) is 54.9 Å². The predicted molar refractivity (Wildman–Crippen MR) is 133 cm³/mol. The lowest BCUT2D eigenvalue weighted by atomic mass is 10.0. The number of phenolic OH excluding ortho intramolecular Hbond substituents is 2. The summed E-state index contributed by atoms with van der Waals surface area (Å²) in [6.45, 7) is 14.2. The maximum absolute atomic E-state index is 10.3. The molecule has 0 radical (unpaired) electrons. The van der Waals surface area contributed by atoms with Gasteiger partial charge in [-0.3, -0.25) is 5.21 Å². The monoisotopic (exact) mass is 426 g/mol. The second-order valence-electron chi connectivity index (χ2n) is 6.30. The molecule has 0 bridgehead atoms. The Hall–Kier alpha value is -3.18. The van der Waals surface area contributed by atoms with E-state index in [-0.39, 0.29) is 17.2 Å². The van der Waals surface area contributed by atoms with Crippen LogP contribution in [0.3, 0.4) is 0 Å². The Balaban J connectivity index is 0.00000116. The average Bonchev–Trinajstić information content (AvgIpc) is 2.81. The molecule has 5 N–H and O–H groups in total. The SMILES string of the molecule is CC.CC.CCC.Cc1ccc(N(O)c2ccc(-c3ccc(O)c(N)c3O)cc2)cc1. The van der Waals surface area contributed by atoms with Crippen molar-refractivity contribution in [1.82, 2.24) is 0 Å². The maximum Gasteiger partial charge on any atom is 0.150 e. The number of benzene rings is 3. The number of aryl methyl sites for hydroxylation is 1. The van der Waals surface area contributed by atoms with Gasteiger partial charge < -0.3 is 15.9 Å². The van der Waals surface area contributed by atoms with Gasteiger partial charge in [-0.25, -0.2) is 5.06 Å². The van der Waals surface area contributed by atoms with E-state index in [1.165, 1.54) is 12.5 Å². The molecular formula is C26H38N2O3. The number of nitrogens with two attached hydrogens (primary N) is 1. The van der Waals surface area contributed by atoms with Crippen LogP contribution in [-0.4, -0.2) is 15.4 Å². The van der Waals surface area contributed by atoms with Crippen molar-refractivity contribution >= 4 is 17.1 Å².